The summed E-state index contributed by atoms with van der Waals surface area (Å²) in [6, 6.07) is 0. The van der Waals surface area contributed by atoms with E-state index < -0.39 is 5.92 Å². The van der Waals surface area contributed by atoms with Gasteiger partial charge in [0.05, 0.1) is 6.61 Å². The number of halogens is 2. The second-order valence-corrected chi connectivity index (χ2v) is 1.93. The first-order chi connectivity index (χ1) is 4.06. The SMILES string of the molecule is [CH2]COCCC(C)(F)F. The predicted molar refractivity (Wildman–Crippen MR) is 31.4 cm³/mol. The molecule has 0 aliphatic carbocycles. The van der Waals surface area contributed by atoms with Crippen LogP contribution in [-0.2, 0) is 4.74 Å². The van der Waals surface area contributed by atoms with E-state index >= 15 is 0 Å². The Labute approximate surface area is 54.0 Å². The second-order valence-electron chi connectivity index (χ2n) is 1.93. The van der Waals surface area contributed by atoms with Crippen LogP contribution in [0.3, 0.4) is 0 Å². The van der Waals surface area contributed by atoms with E-state index in [1.807, 2.05) is 0 Å². The van der Waals surface area contributed by atoms with Gasteiger partial charge < -0.3 is 4.74 Å². The summed E-state index contributed by atoms with van der Waals surface area (Å²) in [5.74, 6) is -2.60. The van der Waals surface area contributed by atoms with Crippen LogP contribution >= 0.6 is 0 Å². The van der Waals surface area contributed by atoms with E-state index in [2.05, 4.69) is 11.7 Å². The number of hydrogen-bond acceptors (Lipinski definition) is 1. The van der Waals surface area contributed by atoms with Gasteiger partial charge in [-0.15, -0.1) is 0 Å². The minimum absolute atomic E-state index is 0.0903. The van der Waals surface area contributed by atoms with E-state index in [0.717, 1.165) is 6.92 Å². The second kappa shape index (κ2) is 3.77. The Morgan fingerprint density at radius 1 is 1.56 bits per heavy atom. The zero-order valence-corrected chi connectivity index (χ0v) is 5.49. The maximum absolute atomic E-state index is 11.9. The molecule has 1 radical (unpaired) electrons. The average Bonchev–Trinajstić information content (AvgIpc) is 1.63. The minimum atomic E-state index is -2.60. The highest BCUT2D eigenvalue weighted by molar-refractivity contribution is 4.55. The first kappa shape index (κ1) is 8.82. The van der Waals surface area contributed by atoms with E-state index in [0.29, 0.717) is 0 Å². The third kappa shape index (κ3) is 7.82. The van der Waals surface area contributed by atoms with Gasteiger partial charge in [0.25, 0.3) is 0 Å². The van der Waals surface area contributed by atoms with Crippen LogP contribution in [0.5, 0.6) is 0 Å². The summed E-state index contributed by atoms with van der Waals surface area (Å²) < 4.78 is 28.5. The molecule has 0 bridgehead atoms. The molecule has 0 aromatic carbocycles. The molecule has 0 rings (SSSR count). The molecule has 55 valence electrons. The van der Waals surface area contributed by atoms with Crippen LogP contribution in [0.1, 0.15) is 13.3 Å². The van der Waals surface area contributed by atoms with Gasteiger partial charge in [0.15, 0.2) is 0 Å². The molecule has 3 heteroatoms. The summed E-state index contributed by atoms with van der Waals surface area (Å²) in [6.45, 7) is 4.56. The minimum Gasteiger partial charge on any atom is -0.381 e. The van der Waals surface area contributed by atoms with Crippen LogP contribution in [-0.4, -0.2) is 19.1 Å². The van der Waals surface area contributed by atoms with Gasteiger partial charge in [-0.05, 0) is 13.8 Å². The lowest BCUT2D eigenvalue weighted by Crippen LogP contribution is -2.13. The largest absolute Gasteiger partial charge is 0.381 e. The van der Waals surface area contributed by atoms with Gasteiger partial charge in [0, 0.05) is 13.0 Å². The maximum Gasteiger partial charge on any atom is 0.247 e. The molecule has 0 N–H and O–H groups in total. The number of rotatable bonds is 4. The predicted octanol–water partition coefficient (Wildman–Crippen LogP) is 1.88. The van der Waals surface area contributed by atoms with E-state index in [1.165, 1.54) is 0 Å². The lowest BCUT2D eigenvalue weighted by molar-refractivity contribution is -0.0130. The summed E-state index contributed by atoms with van der Waals surface area (Å²) in [7, 11) is 0. The normalized spacial score (nSPS) is 12.0. The van der Waals surface area contributed by atoms with Crippen LogP contribution in [0.4, 0.5) is 8.78 Å². The standard InChI is InChI=1S/C6H11F2O/c1-3-9-5-4-6(2,7)8/h1,3-5H2,2H3. The molecule has 0 heterocycles. The third-order valence-electron chi connectivity index (χ3n) is 0.830. The average molecular weight is 137 g/mol. The van der Waals surface area contributed by atoms with E-state index in [-0.39, 0.29) is 19.6 Å². The molecule has 0 atom stereocenters. The smallest absolute Gasteiger partial charge is 0.247 e. The van der Waals surface area contributed by atoms with Crippen LogP contribution in [0.15, 0.2) is 0 Å². The van der Waals surface area contributed by atoms with Crippen molar-refractivity contribution in [1.82, 2.24) is 0 Å². The Bertz CT molecular complexity index is 67.9. The molecular formula is C6H11F2O. The van der Waals surface area contributed by atoms with Crippen molar-refractivity contribution in [2.45, 2.75) is 19.3 Å². The Hall–Kier alpha value is -0.180. The molecule has 0 fully saturated rings. The van der Waals surface area contributed by atoms with Gasteiger partial charge in [-0.1, -0.05) is 0 Å². The molecule has 1 nitrogen and oxygen atoms in total. The summed E-state index contributed by atoms with van der Waals surface area (Å²) in [5, 5.41) is 0. The molecule has 0 aliphatic heterocycles. The van der Waals surface area contributed by atoms with Crippen molar-refractivity contribution >= 4 is 0 Å². The fraction of sp³-hybridized carbons (Fsp3) is 0.833. The fourth-order valence-electron chi connectivity index (χ4n) is 0.353. The molecule has 0 saturated carbocycles. The molecule has 0 aromatic heterocycles. The van der Waals surface area contributed by atoms with Gasteiger partial charge in [0.1, 0.15) is 0 Å². The first-order valence-electron chi connectivity index (χ1n) is 2.81. The molecule has 9 heavy (non-hydrogen) atoms. The highest BCUT2D eigenvalue weighted by Gasteiger charge is 2.19. The van der Waals surface area contributed by atoms with Crippen molar-refractivity contribution in [3.05, 3.63) is 6.92 Å². The number of alkyl halides is 2. The number of ether oxygens (including phenoxy) is 1. The van der Waals surface area contributed by atoms with Gasteiger partial charge in [-0.3, -0.25) is 0 Å². The van der Waals surface area contributed by atoms with Crippen molar-refractivity contribution in [1.29, 1.82) is 0 Å². The lowest BCUT2D eigenvalue weighted by Gasteiger charge is -2.08. The van der Waals surface area contributed by atoms with Crippen molar-refractivity contribution < 1.29 is 13.5 Å². The zero-order valence-electron chi connectivity index (χ0n) is 5.49. The fourth-order valence-corrected chi connectivity index (χ4v) is 0.353. The molecule has 0 unspecified atom stereocenters. The molecule has 0 aromatic rings. The summed E-state index contributed by atoms with van der Waals surface area (Å²) >= 11 is 0. The molecule has 0 saturated heterocycles. The van der Waals surface area contributed by atoms with E-state index in [4.69, 9.17) is 0 Å². The molecular weight excluding hydrogens is 126 g/mol. The Balaban J connectivity index is 3.07. The van der Waals surface area contributed by atoms with E-state index in [1.54, 1.807) is 0 Å². The molecule has 0 spiro atoms. The zero-order chi connectivity index (χ0) is 7.33. The summed E-state index contributed by atoms with van der Waals surface area (Å²) in [5.41, 5.74) is 0. The van der Waals surface area contributed by atoms with Gasteiger partial charge in [-0.25, -0.2) is 8.78 Å². The van der Waals surface area contributed by atoms with Crippen molar-refractivity contribution in [3.8, 4) is 0 Å². The van der Waals surface area contributed by atoms with Gasteiger partial charge in [-0.2, -0.15) is 0 Å². The van der Waals surface area contributed by atoms with Gasteiger partial charge >= 0.3 is 0 Å². The van der Waals surface area contributed by atoms with E-state index in [9.17, 15) is 8.78 Å². The number of hydrogen-bond donors (Lipinski definition) is 0. The quantitative estimate of drug-likeness (QED) is 0.537. The van der Waals surface area contributed by atoms with Crippen LogP contribution < -0.4 is 0 Å². The van der Waals surface area contributed by atoms with Crippen molar-refractivity contribution in [3.63, 3.8) is 0 Å². The van der Waals surface area contributed by atoms with Gasteiger partial charge in [0.2, 0.25) is 5.92 Å². The van der Waals surface area contributed by atoms with Crippen LogP contribution in [0, 0.1) is 6.92 Å². The Morgan fingerprint density at radius 2 is 2.11 bits per heavy atom. The van der Waals surface area contributed by atoms with Crippen LogP contribution in [0.2, 0.25) is 0 Å². The summed E-state index contributed by atoms with van der Waals surface area (Å²) in [4.78, 5) is 0. The molecule has 0 amide bonds. The van der Waals surface area contributed by atoms with Crippen molar-refractivity contribution in [2.24, 2.45) is 0 Å². The maximum atomic E-state index is 11.9. The topological polar surface area (TPSA) is 9.23 Å². The third-order valence-corrected chi connectivity index (χ3v) is 0.830. The Morgan fingerprint density at radius 3 is 2.44 bits per heavy atom. The monoisotopic (exact) mass is 137 g/mol. The molecule has 0 aliphatic rings. The Kier molecular flexibility index (Phi) is 3.70. The highest BCUT2D eigenvalue weighted by atomic mass is 19.3. The summed E-state index contributed by atoms with van der Waals surface area (Å²) in [6.07, 6.45) is -0.220. The highest BCUT2D eigenvalue weighted by Crippen LogP contribution is 2.15. The van der Waals surface area contributed by atoms with Crippen LogP contribution in [0.25, 0.3) is 0 Å². The first-order valence-corrected chi connectivity index (χ1v) is 2.81. The van der Waals surface area contributed by atoms with Crippen molar-refractivity contribution in [2.75, 3.05) is 13.2 Å². The lowest BCUT2D eigenvalue weighted by atomic mass is 10.3.